The molecule has 144 valence electrons. The summed E-state index contributed by atoms with van der Waals surface area (Å²) in [6.45, 7) is 3.86. The quantitative estimate of drug-likeness (QED) is 0.775. The molecule has 0 radical (unpaired) electrons. The van der Waals surface area contributed by atoms with E-state index in [9.17, 15) is 13.2 Å². The molecule has 0 aliphatic carbocycles. The van der Waals surface area contributed by atoms with Crippen LogP contribution in [0.2, 0.25) is 0 Å². The number of aromatic nitrogens is 2. The average Bonchev–Trinajstić information content (AvgIpc) is 2.95. The molecule has 8 nitrogen and oxygen atoms in total. The van der Waals surface area contributed by atoms with Crippen LogP contribution < -0.4 is 15.4 Å². The van der Waals surface area contributed by atoms with E-state index in [1.807, 2.05) is 38.1 Å². The third-order valence-corrected chi connectivity index (χ3v) is 5.72. The first kappa shape index (κ1) is 19.1. The maximum Gasteiger partial charge on any atom is 0.270 e. The fourth-order valence-electron chi connectivity index (χ4n) is 2.76. The van der Waals surface area contributed by atoms with Gasteiger partial charge in [-0.05, 0) is 38.5 Å². The highest BCUT2D eigenvalue weighted by Crippen LogP contribution is 2.27. The summed E-state index contributed by atoms with van der Waals surface area (Å²) in [5.74, 6) is 0.550. The molecule has 2 N–H and O–H groups in total. The fourth-order valence-corrected chi connectivity index (χ4v) is 4.43. The third kappa shape index (κ3) is 5.16. The van der Waals surface area contributed by atoms with Gasteiger partial charge < -0.3 is 15.4 Å². The topological polar surface area (TPSA) is 110 Å². The van der Waals surface area contributed by atoms with E-state index < -0.39 is 15.7 Å². The summed E-state index contributed by atoms with van der Waals surface area (Å²) in [7, 11) is -3.06. The molecule has 1 aliphatic rings. The fraction of sp³-hybridized carbons (Fsp3) is 0.389. The van der Waals surface area contributed by atoms with Gasteiger partial charge >= 0.3 is 0 Å². The maximum absolute atomic E-state index is 12.4. The van der Waals surface area contributed by atoms with Crippen LogP contribution in [0.3, 0.4) is 0 Å². The minimum absolute atomic E-state index is 0.00803. The zero-order valence-corrected chi connectivity index (χ0v) is 16.0. The highest BCUT2D eigenvalue weighted by atomic mass is 32.2. The first-order chi connectivity index (χ1) is 12.8. The van der Waals surface area contributed by atoms with Crippen LogP contribution in [0.5, 0.6) is 5.75 Å². The Morgan fingerprint density at radius 3 is 2.74 bits per heavy atom. The van der Waals surface area contributed by atoms with E-state index in [1.54, 1.807) is 0 Å². The molecule has 0 saturated carbocycles. The molecule has 1 fully saturated rings. The second-order valence-electron chi connectivity index (χ2n) is 6.63. The molecule has 3 rings (SSSR count). The molecule has 1 amide bonds. The molecule has 9 heteroatoms. The number of rotatable bonds is 6. The second kappa shape index (κ2) is 7.91. The van der Waals surface area contributed by atoms with Crippen LogP contribution in [0.4, 0.5) is 11.6 Å². The molecule has 0 bridgehead atoms. The standard InChI is InChI=1S/C18H22N4O4S/c1-12(2)26-16-6-4-3-5-14(16)21-18-19-9-7-15(22-18)17(23)20-13-8-10-27(24,25)11-13/h3-7,9,12-13H,8,10-11H2,1-2H3,(H,20,23)(H,19,21,22). The lowest BCUT2D eigenvalue weighted by atomic mass is 10.2. The minimum Gasteiger partial charge on any atom is -0.489 e. The van der Waals surface area contributed by atoms with Gasteiger partial charge in [0.05, 0.1) is 23.3 Å². The van der Waals surface area contributed by atoms with E-state index in [2.05, 4.69) is 20.6 Å². The first-order valence-corrected chi connectivity index (χ1v) is 10.5. The number of amides is 1. The normalized spacial score (nSPS) is 18.3. The van der Waals surface area contributed by atoms with E-state index in [1.165, 1.54) is 12.3 Å². The Hall–Kier alpha value is -2.68. The molecule has 1 aliphatic heterocycles. The van der Waals surface area contributed by atoms with E-state index in [0.29, 0.717) is 17.9 Å². The van der Waals surface area contributed by atoms with Crippen molar-refractivity contribution in [2.45, 2.75) is 32.4 Å². The number of nitrogens with zero attached hydrogens (tertiary/aromatic N) is 2. The number of para-hydroxylation sites is 2. The van der Waals surface area contributed by atoms with E-state index in [0.717, 1.165) is 0 Å². The van der Waals surface area contributed by atoms with Crippen LogP contribution in [-0.4, -0.2) is 47.9 Å². The van der Waals surface area contributed by atoms with Crippen molar-refractivity contribution in [3.05, 3.63) is 42.2 Å². The summed E-state index contributed by atoms with van der Waals surface area (Å²) in [5, 5.41) is 5.78. The molecule has 2 heterocycles. The van der Waals surface area contributed by atoms with Gasteiger partial charge in [0, 0.05) is 12.2 Å². The Kier molecular flexibility index (Phi) is 5.59. The van der Waals surface area contributed by atoms with Crippen molar-refractivity contribution >= 4 is 27.4 Å². The molecule has 1 aromatic carbocycles. The molecule has 1 aromatic heterocycles. The first-order valence-electron chi connectivity index (χ1n) is 8.69. The van der Waals surface area contributed by atoms with Crippen molar-refractivity contribution in [1.29, 1.82) is 0 Å². The van der Waals surface area contributed by atoms with Crippen LogP contribution in [0.1, 0.15) is 30.8 Å². The number of carbonyl (C=O) groups excluding carboxylic acids is 1. The minimum atomic E-state index is -3.06. The zero-order valence-electron chi connectivity index (χ0n) is 15.2. The van der Waals surface area contributed by atoms with Gasteiger partial charge in [-0.3, -0.25) is 4.79 Å². The van der Waals surface area contributed by atoms with Crippen molar-refractivity contribution in [3.8, 4) is 5.75 Å². The Morgan fingerprint density at radius 1 is 1.26 bits per heavy atom. The number of sulfone groups is 1. The lowest BCUT2D eigenvalue weighted by Crippen LogP contribution is -2.36. The predicted molar refractivity (Wildman–Crippen MR) is 102 cm³/mol. The SMILES string of the molecule is CC(C)Oc1ccccc1Nc1nccc(C(=O)NC2CCS(=O)(=O)C2)n1. The van der Waals surface area contributed by atoms with Gasteiger partial charge in [0.1, 0.15) is 11.4 Å². The van der Waals surface area contributed by atoms with Gasteiger partial charge in [-0.15, -0.1) is 0 Å². The molecular formula is C18H22N4O4S. The summed E-state index contributed by atoms with van der Waals surface area (Å²) >= 11 is 0. The molecule has 0 spiro atoms. The van der Waals surface area contributed by atoms with Gasteiger partial charge in [-0.25, -0.2) is 18.4 Å². The second-order valence-corrected chi connectivity index (χ2v) is 8.86. The molecule has 2 aromatic rings. The highest BCUT2D eigenvalue weighted by molar-refractivity contribution is 7.91. The van der Waals surface area contributed by atoms with Gasteiger partial charge in [0.2, 0.25) is 5.95 Å². The monoisotopic (exact) mass is 390 g/mol. The lowest BCUT2D eigenvalue weighted by Gasteiger charge is -2.15. The van der Waals surface area contributed by atoms with Crippen LogP contribution in [0, 0.1) is 0 Å². The number of nitrogens with one attached hydrogen (secondary N) is 2. The Balaban J connectivity index is 1.72. The van der Waals surface area contributed by atoms with Crippen LogP contribution in [-0.2, 0) is 9.84 Å². The van der Waals surface area contributed by atoms with Crippen LogP contribution in [0.15, 0.2) is 36.5 Å². The summed E-state index contributed by atoms with van der Waals surface area (Å²) < 4.78 is 28.8. The number of hydrogen-bond donors (Lipinski definition) is 2. The maximum atomic E-state index is 12.4. The van der Waals surface area contributed by atoms with Gasteiger partial charge in [0.25, 0.3) is 5.91 Å². The predicted octanol–water partition coefficient (Wildman–Crippen LogP) is 1.92. The summed E-state index contributed by atoms with van der Waals surface area (Å²) in [6.07, 6.45) is 1.90. The molecule has 1 saturated heterocycles. The molecular weight excluding hydrogens is 368 g/mol. The summed E-state index contributed by atoms with van der Waals surface area (Å²) in [5.41, 5.74) is 0.852. The lowest BCUT2D eigenvalue weighted by molar-refractivity contribution is 0.0936. The Bertz CT molecular complexity index is 930. The summed E-state index contributed by atoms with van der Waals surface area (Å²) in [6, 6.07) is 8.49. The smallest absolute Gasteiger partial charge is 0.270 e. The summed E-state index contributed by atoms with van der Waals surface area (Å²) in [4.78, 5) is 20.7. The van der Waals surface area contributed by atoms with Crippen molar-refractivity contribution in [2.75, 3.05) is 16.8 Å². The van der Waals surface area contributed by atoms with Crippen molar-refractivity contribution in [1.82, 2.24) is 15.3 Å². The van der Waals surface area contributed by atoms with Crippen molar-refractivity contribution < 1.29 is 17.9 Å². The van der Waals surface area contributed by atoms with Crippen LogP contribution in [0.25, 0.3) is 0 Å². The van der Waals surface area contributed by atoms with Gasteiger partial charge in [0.15, 0.2) is 9.84 Å². The Morgan fingerprint density at radius 2 is 2.04 bits per heavy atom. The van der Waals surface area contributed by atoms with Gasteiger partial charge in [-0.2, -0.15) is 0 Å². The average molecular weight is 390 g/mol. The molecule has 1 unspecified atom stereocenters. The molecule has 1 atom stereocenters. The highest BCUT2D eigenvalue weighted by Gasteiger charge is 2.29. The number of hydrogen-bond acceptors (Lipinski definition) is 7. The van der Waals surface area contributed by atoms with Crippen molar-refractivity contribution in [2.24, 2.45) is 0 Å². The third-order valence-electron chi connectivity index (χ3n) is 3.95. The number of anilines is 2. The van der Waals surface area contributed by atoms with E-state index in [4.69, 9.17) is 4.74 Å². The van der Waals surface area contributed by atoms with Crippen LogP contribution >= 0.6 is 0 Å². The van der Waals surface area contributed by atoms with E-state index >= 15 is 0 Å². The number of benzene rings is 1. The molecule has 27 heavy (non-hydrogen) atoms. The van der Waals surface area contributed by atoms with E-state index in [-0.39, 0.29) is 35.3 Å². The Labute approximate surface area is 158 Å². The number of carbonyl (C=O) groups is 1. The van der Waals surface area contributed by atoms with Crippen molar-refractivity contribution in [3.63, 3.8) is 0 Å². The zero-order chi connectivity index (χ0) is 19.4. The largest absolute Gasteiger partial charge is 0.489 e. The van der Waals surface area contributed by atoms with Gasteiger partial charge in [-0.1, -0.05) is 12.1 Å². The number of ether oxygens (including phenoxy) is 1.